The van der Waals surface area contributed by atoms with Gasteiger partial charge in [-0.15, -0.1) is 0 Å². The van der Waals surface area contributed by atoms with Crippen LogP contribution in [0.5, 0.6) is 0 Å². The van der Waals surface area contributed by atoms with Crippen LogP contribution in [0.3, 0.4) is 0 Å². The molecule has 18 heavy (non-hydrogen) atoms. The molecule has 1 fully saturated rings. The smallest absolute Gasteiger partial charge is 0.151 e. The van der Waals surface area contributed by atoms with E-state index >= 15 is 0 Å². The van der Waals surface area contributed by atoms with Gasteiger partial charge in [0, 0.05) is 12.2 Å². The molecule has 0 amide bonds. The second-order valence-electron chi connectivity index (χ2n) is 5.41. The van der Waals surface area contributed by atoms with Gasteiger partial charge in [-0.3, -0.25) is 0 Å². The summed E-state index contributed by atoms with van der Waals surface area (Å²) in [6.07, 6.45) is 5.56. The van der Waals surface area contributed by atoms with Gasteiger partial charge < -0.3 is 0 Å². The summed E-state index contributed by atoms with van der Waals surface area (Å²) >= 11 is 0. The Hall–Kier alpha value is -0.830. The molecular weight excluding hydrogens is 244 g/mol. The Morgan fingerprint density at radius 2 is 1.83 bits per heavy atom. The Bertz CT molecular complexity index is 478. The van der Waals surface area contributed by atoms with E-state index < -0.39 is 9.84 Å². The van der Waals surface area contributed by atoms with Crippen LogP contribution in [-0.4, -0.2) is 19.9 Å². The normalized spacial score (nSPS) is 29.1. The minimum absolute atomic E-state index is 0.180. The van der Waals surface area contributed by atoms with Crippen molar-refractivity contribution in [1.82, 2.24) is 0 Å². The van der Waals surface area contributed by atoms with Crippen LogP contribution in [0.4, 0.5) is 0 Å². The average Bonchev–Trinajstić information content (AvgIpc) is 2.38. The number of rotatable bonds is 3. The van der Waals surface area contributed by atoms with E-state index in [2.05, 4.69) is 19.1 Å². The summed E-state index contributed by atoms with van der Waals surface area (Å²) in [7, 11) is -2.98. The third-order valence-electron chi connectivity index (χ3n) is 4.20. The van der Waals surface area contributed by atoms with Crippen LogP contribution >= 0.6 is 0 Å². The number of hydrogen-bond acceptors (Lipinski definition) is 2. The summed E-state index contributed by atoms with van der Waals surface area (Å²) < 4.78 is 24.3. The predicted octanol–water partition coefficient (Wildman–Crippen LogP) is 3.39. The van der Waals surface area contributed by atoms with Gasteiger partial charge in [0.2, 0.25) is 0 Å². The van der Waals surface area contributed by atoms with Crippen molar-refractivity contribution >= 4 is 9.84 Å². The van der Waals surface area contributed by atoms with Gasteiger partial charge in [0.15, 0.2) is 9.84 Å². The number of benzene rings is 1. The highest BCUT2D eigenvalue weighted by Crippen LogP contribution is 2.41. The zero-order valence-electron chi connectivity index (χ0n) is 11.2. The lowest BCUT2D eigenvalue weighted by atomic mass is 9.76. The second-order valence-corrected chi connectivity index (χ2v) is 7.61. The van der Waals surface area contributed by atoms with Crippen LogP contribution in [-0.2, 0) is 9.84 Å². The summed E-state index contributed by atoms with van der Waals surface area (Å²) in [5.74, 6) is 0.499. The van der Waals surface area contributed by atoms with Crippen LogP contribution in [0.2, 0.25) is 0 Å². The lowest BCUT2D eigenvalue weighted by Gasteiger charge is -2.37. The molecule has 2 nitrogen and oxygen atoms in total. The van der Waals surface area contributed by atoms with Gasteiger partial charge >= 0.3 is 0 Å². The summed E-state index contributed by atoms with van der Waals surface area (Å²) in [6.45, 7) is 2.11. The van der Waals surface area contributed by atoms with Crippen LogP contribution in [0.25, 0.3) is 0 Å². The standard InChI is InChI=1S/C15H22O2S/c1-3-12-10-7-11-14(15(12)18(2,16)17)13-8-5-4-6-9-13/h4-6,8-9,12,14-15H,3,7,10-11H2,1-2H3. The zero-order valence-corrected chi connectivity index (χ0v) is 12.0. The Balaban J connectivity index is 2.38. The fourth-order valence-corrected chi connectivity index (χ4v) is 5.32. The van der Waals surface area contributed by atoms with Crippen molar-refractivity contribution in [3.63, 3.8) is 0 Å². The minimum Gasteiger partial charge on any atom is -0.229 e. The SMILES string of the molecule is CCC1CCCC(c2ccccc2)C1S(C)(=O)=O. The first-order valence-corrected chi connectivity index (χ1v) is 8.73. The van der Waals surface area contributed by atoms with Crippen molar-refractivity contribution in [1.29, 1.82) is 0 Å². The number of sulfone groups is 1. The van der Waals surface area contributed by atoms with Crippen LogP contribution in [0.1, 0.15) is 44.1 Å². The van der Waals surface area contributed by atoms with Crippen molar-refractivity contribution in [3.8, 4) is 0 Å². The van der Waals surface area contributed by atoms with E-state index in [1.54, 1.807) is 0 Å². The summed E-state index contributed by atoms with van der Waals surface area (Å²) in [5.41, 5.74) is 1.19. The molecule has 1 aromatic rings. The lowest BCUT2D eigenvalue weighted by Crippen LogP contribution is -2.38. The van der Waals surface area contributed by atoms with E-state index in [9.17, 15) is 8.42 Å². The monoisotopic (exact) mass is 266 g/mol. The maximum absolute atomic E-state index is 12.1. The summed E-state index contributed by atoms with van der Waals surface area (Å²) in [6, 6.07) is 10.1. The third kappa shape index (κ3) is 2.77. The first kappa shape index (κ1) is 13.6. The van der Waals surface area contributed by atoms with Gasteiger partial charge in [0.1, 0.15) is 0 Å². The largest absolute Gasteiger partial charge is 0.229 e. The molecule has 0 spiro atoms. The Labute approximate surface area is 110 Å². The molecule has 3 unspecified atom stereocenters. The number of hydrogen-bond donors (Lipinski definition) is 0. The fourth-order valence-electron chi connectivity index (χ4n) is 3.40. The molecule has 0 aromatic heterocycles. The van der Waals surface area contributed by atoms with Crippen molar-refractivity contribution in [3.05, 3.63) is 35.9 Å². The van der Waals surface area contributed by atoms with Crippen molar-refractivity contribution in [2.75, 3.05) is 6.26 Å². The lowest BCUT2D eigenvalue weighted by molar-refractivity contribution is 0.315. The topological polar surface area (TPSA) is 34.1 Å². The molecule has 2 rings (SSSR count). The summed E-state index contributed by atoms with van der Waals surface area (Å²) in [5, 5.41) is -0.196. The molecule has 0 heterocycles. The Kier molecular flexibility index (Phi) is 4.10. The van der Waals surface area contributed by atoms with Crippen LogP contribution in [0.15, 0.2) is 30.3 Å². The van der Waals surface area contributed by atoms with E-state index in [0.29, 0.717) is 5.92 Å². The first-order chi connectivity index (χ1) is 8.54. The van der Waals surface area contributed by atoms with Gasteiger partial charge in [0.25, 0.3) is 0 Å². The van der Waals surface area contributed by atoms with Crippen molar-refractivity contribution in [2.45, 2.75) is 43.8 Å². The highest BCUT2D eigenvalue weighted by molar-refractivity contribution is 7.91. The highest BCUT2D eigenvalue weighted by atomic mass is 32.2. The second kappa shape index (κ2) is 5.43. The molecule has 0 N–H and O–H groups in total. The summed E-state index contributed by atoms with van der Waals surface area (Å²) in [4.78, 5) is 0. The molecular formula is C15H22O2S. The first-order valence-electron chi connectivity index (χ1n) is 6.78. The van der Waals surface area contributed by atoms with Gasteiger partial charge in [0.05, 0.1) is 5.25 Å². The molecule has 0 saturated heterocycles. The van der Waals surface area contributed by atoms with Crippen LogP contribution < -0.4 is 0 Å². The molecule has 0 radical (unpaired) electrons. The zero-order chi connectivity index (χ0) is 13.2. The van der Waals surface area contributed by atoms with Crippen molar-refractivity contribution in [2.24, 2.45) is 5.92 Å². The van der Waals surface area contributed by atoms with Crippen molar-refractivity contribution < 1.29 is 8.42 Å². The van der Waals surface area contributed by atoms with Gasteiger partial charge in [-0.1, -0.05) is 50.1 Å². The van der Waals surface area contributed by atoms with Gasteiger partial charge in [-0.05, 0) is 24.3 Å². The van der Waals surface area contributed by atoms with Gasteiger partial charge in [-0.25, -0.2) is 8.42 Å². The predicted molar refractivity (Wildman–Crippen MR) is 75.4 cm³/mol. The van der Waals surface area contributed by atoms with E-state index in [1.165, 1.54) is 11.8 Å². The Morgan fingerprint density at radius 3 is 2.39 bits per heavy atom. The minimum atomic E-state index is -2.98. The van der Waals surface area contributed by atoms with E-state index in [4.69, 9.17) is 0 Å². The molecule has 3 atom stereocenters. The molecule has 1 saturated carbocycles. The van der Waals surface area contributed by atoms with E-state index in [1.807, 2.05) is 18.2 Å². The van der Waals surface area contributed by atoms with Gasteiger partial charge in [-0.2, -0.15) is 0 Å². The average molecular weight is 266 g/mol. The fraction of sp³-hybridized carbons (Fsp3) is 0.600. The van der Waals surface area contributed by atoms with E-state index in [-0.39, 0.29) is 11.2 Å². The molecule has 0 aliphatic heterocycles. The molecule has 1 aliphatic carbocycles. The quantitative estimate of drug-likeness (QED) is 0.840. The third-order valence-corrected chi connectivity index (χ3v) is 5.90. The van der Waals surface area contributed by atoms with E-state index in [0.717, 1.165) is 25.7 Å². The maximum atomic E-state index is 12.1. The molecule has 1 aromatic carbocycles. The Morgan fingerprint density at radius 1 is 1.17 bits per heavy atom. The molecule has 3 heteroatoms. The highest BCUT2D eigenvalue weighted by Gasteiger charge is 2.39. The molecule has 0 bridgehead atoms. The maximum Gasteiger partial charge on any atom is 0.151 e. The molecule has 100 valence electrons. The van der Waals surface area contributed by atoms with Crippen LogP contribution in [0, 0.1) is 5.92 Å². The molecule has 1 aliphatic rings.